The molecule has 0 saturated heterocycles. The predicted molar refractivity (Wildman–Crippen MR) is 132 cm³/mol. The highest BCUT2D eigenvalue weighted by Crippen LogP contribution is 2.31. The van der Waals surface area contributed by atoms with E-state index in [2.05, 4.69) is 5.10 Å². The largest absolute Gasteiger partial charge is 0.488 e. The molecule has 0 N–H and O–H groups in total. The van der Waals surface area contributed by atoms with Crippen molar-refractivity contribution in [3.63, 3.8) is 0 Å². The molecule has 6 heteroatoms. The highest BCUT2D eigenvalue weighted by atomic mass is 19.1. The van der Waals surface area contributed by atoms with Gasteiger partial charge in [-0.05, 0) is 43.2 Å². The second-order valence-electron chi connectivity index (χ2n) is 8.60. The molecule has 0 amide bonds. The quantitative estimate of drug-likeness (QED) is 0.333. The molecule has 172 valence electrons. The van der Waals surface area contributed by atoms with E-state index in [0.29, 0.717) is 33.6 Å². The zero-order valence-electron chi connectivity index (χ0n) is 18.9. The van der Waals surface area contributed by atoms with Gasteiger partial charge < -0.3 is 4.74 Å². The van der Waals surface area contributed by atoms with E-state index >= 15 is 0 Å². The van der Waals surface area contributed by atoms with E-state index in [1.807, 2.05) is 42.5 Å². The number of halogens is 1. The topological polar surface area (TPSA) is 56.5 Å². The van der Waals surface area contributed by atoms with E-state index < -0.39 is 0 Å². The van der Waals surface area contributed by atoms with Gasteiger partial charge in [0.1, 0.15) is 24.0 Å². The summed E-state index contributed by atoms with van der Waals surface area (Å²) in [6.07, 6.45) is 7.10. The molecule has 0 spiro atoms. The van der Waals surface area contributed by atoms with Gasteiger partial charge in [0.2, 0.25) is 0 Å². The standard InChI is InChI=1S/C28H26FN3O2/c29-24-15-7-4-13-22(24)19-34-26-17-9-5-12-21(26)18-30-32-27(20-10-2-1-3-11-20)31-25-16-8-6-14-23(25)28(32)33/h4-9,12-18,20H,1-3,10-11,19H2. The fraction of sp³-hybridized carbons (Fsp3) is 0.250. The Morgan fingerprint density at radius 1 is 0.971 bits per heavy atom. The van der Waals surface area contributed by atoms with E-state index in [-0.39, 0.29) is 23.9 Å². The molecule has 4 aromatic rings. The summed E-state index contributed by atoms with van der Waals surface area (Å²) in [6.45, 7) is 0.0995. The average molecular weight is 456 g/mol. The normalized spacial score (nSPS) is 14.6. The Kier molecular flexibility index (Phi) is 6.47. The number of hydrogen-bond donors (Lipinski definition) is 0. The molecule has 3 aromatic carbocycles. The Morgan fingerprint density at radius 3 is 2.56 bits per heavy atom. The van der Waals surface area contributed by atoms with Crippen LogP contribution >= 0.6 is 0 Å². The molecule has 1 aliphatic rings. The molecule has 1 aliphatic carbocycles. The number of aromatic nitrogens is 2. The SMILES string of the molecule is O=c1c2ccccc2nc(C2CCCCC2)n1N=Cc1ccccc1OCc1ccccc1F. The summed E-state index contributed by atoms with van der Waals surface area (Å²) in [4.78, 5) is 18.2. The molecule has 1 saturated carbocycles. The number of rotatable bonds is 6. The first-order valence-corrected chi connectivity index (χ1v) is 11.7. The molecule has 34 heavy (non-hydrogen) atoms. The molecule has 1 fully saturated rings. The summed E-state index contributed by atoms with van der Waals surface area (Å²) in [5.41, 5.74) is 1.71. The lowest BCUT2D eigenvalue weighted by Gasteiger charge is -2.22. The van der Waals surface area contributed by atoms with Crippen LogP contribution in [0.4, 0.5) is 4.39 Å². The first-order chi connectivity index (χ1) is 16.7. The van der Waals surface area contributed by atoms with E-state index in [9.17, 15) is 9.18 Å². The van der Waals surface area contributed by atoms with E-state index in [1.165, 1.54) is 17.2 Å². The van der Waals surface area contributed by atoms with Gasteiger partial charge in [0.25, 0.3) is 5.56 Å². The summed E-state index contributed by atoms with van der Waals surface area (Å²) in [7, 11) is 0. The van der Waals surface area contributed by atoms with Crippen LogP contribution in [0, 0.1) is 5.82 Å². The molecule has 5 rings (SSSR count). The van der Waals surface area contributed by atoms with E-state index in [4.69, 9.17) is 9.72 Å². The van der Waals surface area contributed by atoms with Gasteiger partial charge >= 0.3 is 0 Å². The highest BCUT2D eigenvalue weighted by Gasteiger charge is 2.22. The van der Waals surface area contributed by atoms with Crippen molar-refractivity contribution in [1.29, 1.82) is 0 Å². The lowest BCUT2D eigenvalue weighted by Crippen LogP contribution is -2.25. The van der Waals surface area contributed by atoms with Gasteiger partial charge in [0, 0.05) is 17.0 Å². The van der Waals surface area contributed by atoms with Crippen molar-refractivity contribution in [2.24, 2.45) is 5.10 Å². The Bertz CT molecular complexity index is 1390. The summed E-state index contributed by atoms with van der Waals surface area (Å²) in [5.74, 6) is 1.18. The second-order valence-corrected chi connectivity index (χ2v) is 8.60. The molecule has 0 aliphatic heterocycles. The van der Waals surface area contributed by atoms with Gasteiger partial charge in [-0.1, -0.05) is 61.7 Å². The van der Waals surface area contributed by atoms with Gasteiger partial charge in [-0.15, -0.1) is 0 Å². The number of fused-ring (bicyclic) bond motifs is 1. The van der Waals surface area contributed by atoms with Gasteiger partial charge in [0.05, 0.1) is 17.1 Å². The number of hydrogen-bond acceptors (Lipinski definition) is 4. The van der Waals surface area contributed by atoms with Crippen LogP contribution < -0.4 is 10.3 Å². The first-order valence-electron chi connectivity index (χ1n) is 11.7. The Hall–Kier alpha value is -3.80. The zero-order valence-corrected chi connectivity index (χ0v) is 18.9. The lowest BCUT2D eigenvalue weighted by atomic mass is 9.88. The molecule has 0 bridgehead atoms. The number of benzene rings is 3. The number of ether oxygens (including phenoxy) is 1. The predicted octanol–water partition coefficient (Wildman–Crippen LogP) is 6.04. The second kappa shape index (κ2) is 10.00. The van der Waals surface area contributed by atoms with E-state index in [0.717, 1.165) is 25.7 Å². The smallest absolute Gasteiger partial charge is 0.282 e. The minimum absolute atomic E-state index is 0.0995. The van der Waals surface area contributed by atoms with Gasteiger partial charge in [0.15, 0.2) is 0 Å². The number of para-hydroxylation sites is 2. The van der Waals surface area contributed by atoms with Crippen LogP contribution in [0.15, 0.2) is 82.7 Å². The van der Waals surface area contributed by atoms with Crippen molar-refractivity contribution < 1.29 is 9.13 Å². The third-order valence-corrected chi connectivity index (χ3v) is 6.32. The van der Waals surface area contributed by atoms with Gasteiger partial charge in [-0.25, -0.2) is 9.37 Å². The summed E-state index contributed by atoms with van der Waals surface area (Å²) < 4.78 is 21.4. The van der Waals surface area contributed by atoms with Crippen molar-refractivity contribution in [2.45, 2.75) is 44.6 Å². The van der Waals surface area contributed by atoms with Crippen LogP contribution in [-0.4, -0.2) is 15.9 Å². The van der Waals surface area contributed by atoms with E-state index in [1.54, 1.807) is 30.5 Å². The molecule has 0 unspecified atom stereocenters. The minimum atomic E-state index is -0.306. The van der Waals surface area contributed by atoms with Crippen molar-refractivity contribution in [3.05, 3.63) is 106 Å². The molecule has 0 radical (unpaired) electrons. The summed E-state index contributed by atoms with van der Waals surface area (Å²) in [6, 6.07) is 21.3. The van der Waals surface area contributed by atoms with Crippen molar-refractivity contribution in [1.82, 2.24) is 9.66 Å². The van der Waals surface area contributed by atoms with Crippen LogP contribution in [0.25, 0.3) is 10.9 Å². The monoisotopic (exact) mass is 455 g/mol. The third-order valence-electron chi connectivity index (χ3n) is 6.32. The molecule has 1 heterocycles. The average Bonchev–Trinajstić information content (AvgIpc) is 2.89. The molecule has 0 atom stereocenters. The Balaban J connectivity index is 1.50. The van der Waals surface area contributed by atoms with Crippen LogP contribution in [-0.2, 0) is 6.61 Å². The molecular weight excluding hydrogens is 429 g/mol. The fourth-order valence-corrected chi connectivity index (χ4v) is 4.49. The zero-order chi connectivity index (χ0) is 23.3. The fourth-order valence-electron chi connectivity index (χ4n) is 4.49. The van der Waals surface area contributed by atoms with Gasteiger partial charge in [-0.3, -0.25) is 4.79 Å². The Labute approximate surface area is 197 Å². The lowest BCUT2D eigenvalue weighted by molar-refractivity contribution is 0.299. The summed E-state index contributed by atoms with van der Waals surface area (Å²) in [5, 5.41) is 5.14. The van der Waals surface area contributed by atoms with Crippen LogP contribution in [0.1, 0.15) is 55.0 Å². The maximum atomic E-state index is 14.0. The van der Waals surface area contributed by atoms with Crippen LogP contribution in [0.3, 0.4) is 0 Å². The van der Waals surface area contributed by atoms with Gasteiger partial charge in [-0.2, -0.15) is 9.78 Å². The first kappa shape index (κ1) is 22.0. The summed E-state index contributed by atoms with van der Waals surface area (Å²) >= 11 is 0. The maximum Gasteiger partial charge on any atom is 0.282 e. The van der Waals surface area contributed by atoms with Crippen LogP contribution in [0.5, 0.6) is 5.75 Å². The maximum absolute atomic E-state index is 14.0. The van der Waals surface area contributed by atoms with Crippen molar-refractivity contribution >= 4 is 17.1 Å². The molecule has 1 aromatic heterocycles. The minimum Gasteiger partial charge on any atom is -0.488 e. The van der Waals surface area contributed by atoms with Crippen molar-refractivity contribution in [3.8, 4) is 5.75 Å². The molecule has 5 nitrogen and oxygen atoms in total. The van der Waals surface area contributed by atoms with Crippen molar-refractivity contribution in [2.75, 3.05) is 0 Å². The molecular formula is C28H26FN3O2. The third kappa shape index (κ3) is 4.62. The van der Waals surface area contributed by atoms with Crippen LogP contribution in [0.2, 0.25) is 0 Å². The number of nitrogens with zero attached hydrogens (tertiary/aromatic N) is 3. The Morgan fingerprint density at radius 2 is 1.71 bits per heavy atom. The highest BCUT2D eigenvalue weighted by molar-refractivity contribution is 5.83.